The van der Waals surface area contributed by atoms with E-state index < -0.39 is 22.5 Å². The minimum absolute atomic E-state index is 0. The first-order valence-electron chi connectivity index (χ1n) is 37.4. The topological polar surface area (TPSA) is 296 Å². The van der Waals surface area contributed by atoms with Gasteiger partial charge in [0, 0.05) is 88.1 Å². The first-order chi connectivity index (χ1) is 58.4. The third kappa shape index (κ3) is 22.7. The van der Waals surface area contributed by atoms with Gasteiger partial charge >= 0.3 is 6.18 Å². The molecule has 1 radical (unpaired) electrons. The van der Waals surface area contributed by atoms with Crippen molar-refractivity contribution in [2.75, 3.05) is 72.0 Å². The number of benzene rings is 10. The predicted octanol–water partition coefficient (Wildman–Crippen LogP) is 19.6. The number of aromatic hydroxyl groups is 1. The number of halogens is 8. The number of alkyl halides is 4. The molecule has 23 nitrogen and oxygen atoms in total. The van der Waals surface area contributed by atoms with Crippen molar-refractivity contribution < 1.29 is 160 Å². The van der Waals surface area contributed by atoms with Crippen LogP contribution in [0.25, 0.3) is 0 Å². The second-order valence-corrected chi connectivity index (χ2v) is 31.4. The number of rotatable bonds is 3. The number of aryl methyl sites for hydroxylation is 2. The number of methoxy groups -OCH3 is 1. The summed E-state index contributed by atoms with van der Waals surface area (Å²) >= 11 is 28.0. The SMILES string of the molecule is CC1Oc2ccc(Cl)cc2C1=O.CC1Oc2ccccc2C1=O.CN(C)c1ccc2c(c1)OCC2=O.COc1ccc2c(c1)OCC2=O.CSc1ccc2c(c1)OCC2=O.Cc1c(Cl)cc(Cl)c2c1C(=O)CO2.Cc1ccc2c(c1)C(=O)C(Br)O2.Cc1ccc2c(c1)C(=O)C(C)O2.O=C1COc2c(O)ccc(Cl)c21.O=C1COc2ccc(C(F)(F)F)cc21.[Pr]. The Morgan fingerprint density at radius 2 is 0.887 bits per heavy atom. The smallest absolute Gasteiger partial charge is 0.416 e. The molecule has 0 bridgehead atoms. The quantitative estimate of drug-likeness (QED) is 0.127. The van der Waals surface area contributed by atoms with Gasteiger partial charge in [-0.2, -0.15) is 13.2 Å². The van der Waals surface area contributed by atoms with E-state index in [4.69, 9.17) is 98.5 Å². The Balaban J connectivity index is 0.000000144. The standard InChI is InChI=1S/C10H11NO2.C10H10O2.C9H7BrO2.C9H6Cl2O2.C9H7ClO2.C9H5F3O2.C9H8O3.C9H8O2S.C9H8O2.C8H5ClO3.Pr/c1-11(2)7-3-4-8-9(12)6-13-10(8)5-7;1-6-3-4-9-8(5-6)10(11)7(2)12-9;1-5-2-3-7-6(4-5)8(11)9(10)12-7;1-4-5(10)2-6(11)9-8(4)7(12)3-13-9;1-5-9(11)7-4-6(10)2-3-8(7)12-5;10-9(11,12)5-1-2-8-6(3-5)7(13)4-14-8;1-11-6-2-3-7-8(10)5-12-9(7)4-6;1-12-6-2-3-7-8(10)5-11-9(7)4-6;1-6-9(10)7-4-2-3-5-8(7)11-6;9-4-1-2-5(10)8-7(4)6(11)3-12-8;/h3-5H,6H2,1-2H3;3-5,7H,1-2H3;2-4,9H,1H3;2H,3H2,1H3;2-5H,1H3;1-3H,4H2;2*2-4H,5H2,1H3;2-6H,1H3;1-2,10H,3H2;. The van der Waals surface area contributed by atoms with Crippen molar-refractivity contribution >= 4 is 138 Å². The first kappa shape index (κ1) is 95.7. The van der Waals surface area contributed by atoms with Crippen molar-refractivity contribution in [1.82, 2.24) is 0 Å². The van der Waals surface area contributed by atoms with Gasteiger partial charge in [0.1, 0.15) is 57.5 Å². The number of ketones is 10. The third-order valence-corrected chi connectivity index (χ3v) is 21.7. The molecule has 10 aliphatic heterocycles. The van der Waals surface area contributed by atoms with Gasteiger partial charge in [-0.15, -0.1) is 11.8 Å². The molecule has 10 aromatic carbocycles. The van der Waals surface area contributed by atoms with Crippen LogP contribution in [0.15, 0.2) is 175 Å². The van der Waals surface area contributed by atoms with Gasteiger partial charge in [-0.05, 0) is 203 Å². The normalized spacial score (nSPS) is 16.6. The maximum absolute atomic E-state index is 12.2. The zero-order valence-electron chi connectivity index (χ0n) is 67.7. The summed E-state index contributed by atoms with van der Waals surface area (Å²) in [7, 11) is 5.50. The number of para-hydroxylation sites is 1. The molecule has 20 rings (SSSR count). The number of carbonyl (C=O) groups excluding carboxylic acids is 10. The number of nitrogens with zero attached hydrogens (tertiary/aromatic N) is 1. The molecule has 1 N–H and O–H groups in total. The van der Waals surface area contributed by atoms with Crippen LogP contribution >= 0.6 is 74.1 Å². The average Bonchev–Trinajstić information content (AvgIpc) is 1.61. The minimum atomic E-state index is -4.42. The van der Waals surface area contributed by atoms with Crippen molar-refractivity contribution in [2.45, 2.75) is 75.9 Å². The van der Waals surface area contributed by atoms with E-state index in [-0.39, 0.29) is 180 Å². The number of thioether (sulfide) groups is 1. The van der Waals surface area contributed by atoms with E-state index in [2.05, 4.69) is 15.9 Å². The molecule has 0 saturated carbocycles. The van der Waals surface area contributed by atoms with E-state index in [9.17, 15) is 66.2 Å². The molecule has 0 aliphatic carbocycles. The summed E-state index contributed by atoms with van der Waals surface area (Å²) < 4.78 is 93.3. The fraction of sp³-hybridized carbons (Fsp3) is 0.231. The summed E-state index contributed by atoms with van der Waals surface area (Å²) in [6.45, 7) is 11.4. The fourth-order valence-electron chi connectivity index (χ4n) is 12.7. The van der Waals surface area contributed by atoms with Gasteiger partial charge in [0.25, 0.3) is 0 Å². The van der Waals surface area contributed by atoms with Crippen molar-refractivity contribution in [3.05, 3.63) is 268 Å². The van der Waals surface area contributed by atoms with Gasteiger partial charge < -0.3 is 62.1 Å². The summed E-state index contributed by atoms with van der Waals surface area (Å²) in [4.78, 5) is 116. The molecule has 4 atom stereocenters. The molecular weight excluding hydrogens is 1910 g/mol. The number of ether oxygens (including phenoxy) is 11. The predicted molar refractivity (Wildman–Crippen MR) is 458 cm³/mol. The average molecular weight is 1990 g/mol. The second-order valence-electron chi connectivity index (χ2n) is 28.0. The molecule has 0 saturated heterocycles. The fourth-order valence-corrected chi connectivity index (χ4v) is 14.5. The van der Waals surface area contributed by atoms with E-state index in [0.717, 1.165) is 56.5 Å². The van der Waals surface area contributed by atoms with E-state index in [0.29, 0.717) is 99.3 Å². The van der Waals surface area contributed by atoms with E-state index in [1.807, 2.05) is 130 Å². The largest absolute Gasteiger partial charge is 0.504 e. The summed E-state index contributed by atoms with van der Waals surface area (Å²) in [5.41, 5.74) is 8.73. The van der Waals surface area contributed by atoms with Gasteiger partial charge in [-0.25, -0.2) is 0 Å². The number of fused-ring (bicyclic) bond motifs is 10. The summed E-state index contributed by atoms with van der Waals surface area (Å²) in [6.07, 6.45) is -3.39. The van der Waals surface area contributed by atoms with Crippen LogP contribution in [0, 0.1) is 62.1 Å². The van der Waals surface area contributed by atoms with Crippen molar-refractivity contribution in [2.24, 2.45) is 0 Å². The zero-order chi connectivity index (χ0) is 89.2. The van der Waals surface area contributed by atoms with Crippen molar-refractivity contribution in [1.29, 1.82) is 0 Å². The van der Waals surface area contributed by atoms with Crippen LogP contribution in [0.5, 0.6) is 69.0 Å². The first-order valence-corrected chi connectivity index (χ1v) is 41.0. The molecule has 124 heavy (non-hydrogen) atoms. The Morgan fingerprint density at radius 1 is 0.427 bits per heavy atom. The second kappa shape index (κ2) is 42.0. The van der Waals surface area contributed by atoms with Gasteiger partial charge in [0.2, 0.25) is 62.8 Å². The number of Topliss-reactive ketones (excluding diaryl/α,β-unsaturated/α-hetero) is 10. The molecule has 10 aromatic rings. The maximum atomic E-state index is 12.2. The number of hydrogen-bond donors (Lipinski definition) is 1. The van der Waals surface area contributed by atoms with Crippen molar-refractivity contribution in [3.63, 3.8) is 0 Å². The molecule has 0 spiro atoms. The minimum Gasteiger partial charge on any atom is -0.504 e. The number of phenols is 1. The Hall–Kier alpha value is -10.6. The van der Waals surface area contributed by atoms with Crippen LogP contribution in [0.3, 0.4) is 0 Å². The van der Waals surface area contributed by atoms with Gasteiger partial charge in [-0.3, -0.25) is 47.9 Å². The van der Waals surface area contributed by atoms with Gasteiger partial charge in [0.05, 0.1) is 78.4 Å². The molecule has 641 valence electrons. The molecule has 0 amide bonds. The molecule has 0 aromatic heterocycles. The number of phenolic OH excluding ortho intramolecular Hbond substituents is 1. The molecule has 4 unspecified atom stereocenters. The van der Waals surface area contributed by atoms with Crippen LogP contribution < -0.4 is 57.0 Å². The van der Waals surface area contributed by atoms with Crippen molar-refractivity contribution in [3.8, 4) is 69.0 Å². The van der Waals surface area contributed by atoms with Crippen LogP contribution in [0.2, 0.25) is 20.1 Å². The summed E-state index contributed by atoms with van der Waals surface area (Å²) in [5.74, 6) is 6.08. The van der Waals surface area contributed by atoms with Gasteiger partial charge in [-0.1, -0.05) is 81.8 Å². The number of anilines is 1. The third-order valence-electron chi connectivity index (χ3n) is 19.2. The Bertz CT molecular complexity index is 5660. The molecule has 10 aliphatic rings. The molecular formula is C91H75BrCl4F3NO22PrS. The Labute approximate surface area is 775 Å². The van der Waals surface area contributed by atoms with E-state index in [1.165, 1.54) is 18.2 Å². The van der Waals surface area contributed by atoms with Crippen LogP contribution in [-0.4, -0.2) is 153 Å². The maximum Gasteiger partial charge on any atom is 0.416 e. The molecule has 33 heteroatoms. The van der Waals surface area contributed by atoms with Crippen LogP contribution in [0.1, 0.15) is 147 Å². The Morgan fingerprint density at radius 3 is 1.44 bits per heavy atom. The number of hydrogen-bond acceptors (Lipinski definition) is 24. The van der Waals surface area contributed by atoms with E-state index in [1.54, 1.807) is 95.1 Å². The monoisotopic (exact) mass is 1980 g/mol. The summed E-state index contributed by atoms with van der Waals surface area (Å²) in [5, 5.41) is 10.5. The Kier molecular flexibility index (Phi) is 32.4. The molecule has 0 fully saturated rings. The van der Waals surface area contributed by atoms with Crippen LogP contribution in [0.4, 0.5) is 18.9 Å². The molecule has 10 heterocycles. The van der Waals surface area contributed by atoms with Crippen LogP contribution in [-0.2, 0) is 6.18 Å². The summed E-state index contributed by atoms with van der Waals surface area (Å²) in [6, 6.07) is 47.5. The number of carbonyl (C=O) groups is 10. The van der Waals surface area contributed by atoms with E-state index >= 15 is 0 Å². The van der Waals surface area contributed by atoms with Gasteiger partial charge in [0.15, 0.2) is 69.5 Å². The zero-order valence-corrected chi connectivity index (χ0v) is 76.8.